The van der Waals surface area contributed by atoms with Gasteiger partial charge in [-0.1, -0.05) is 0 Å². The summed E-state index contributed by atoms with van der Waals surface area (Å²) < 4.78 is 21.1. The van der Waals surface area contributed by atoms with Gasteiger partial charge in [-0.3, -0.25) is 0 Å². The first-order valence-corrected chi connectivity index (χ1v) is 6.74. The van der Waals surface area contributed by atoms with Gasteiger partial charge >= 0.3 is 0 Å². The molecular formula is C16H12N2O4. The number of nitrogens with zero attached hydrogens (tertiary/aromatic N) is 2. The number of hydrogen-bond acceptors (Lipinski definition) is 6. The van der Waals surface area contributed by atoms with Gasteiger partial charge in [-0.2, -0.15) is 10.2 Å². The minimum absolute atomic E-state index is 0.262. The molecule has 6 nitrogen and oxygen atoms in total. The molecule has 6 heteroatoms. The molecule has 2 aromatic rings. The Morgan fingerprint density at radius 1 is 0.636 bits per heavy atom. The van der Waals surface area contributed by atoms with Gasteiger partial charge in [0.15, 0.2) is 23.0 Å². The summed E-state index contributed by atoms with van der Waals surface area (Å²) in [6.07, 6.45) is 3.32. The smallest absolute Gasteiger partial charge is 0.231 e. The van der Waals surface area contributed by atoms with E-state index in [9.17, 15) is 0 Å². The zero-order valence-corrected chi connectivity index (χ0v) is 11.6. The Labute approximate surface area is 126 Å². The Bertz CT molecular complexity index is 705. The molecule has 2 aliphatic rings. The fraction of sp³-hybridized carbons (Fsp3) is 0.125. The third-order valence-corrected chi connectivity index (χ3v) is 3.27. The van der Waals surface area contributed by atoms with E-state index in [1.807, 2.05) is 36.4 Å². The number of benzene rings is 2. The molecule has 0 unspecified atom stereocenters. The lowest BCUT2D eigenvalue weighted by Crippen LogP contribution is -1.92. The van der Waals surface area contributed by atoms with Crippen LogP contribution in [0.1, 0.15) is 11.1 Å². The zero-order chi connectivity index (χ0) is 14.8. The summed E-state index contributed by atoms with van der Waals surface area (Å²) in [6.45, 7) is 0.524. The van der Waals surface area contributed by atoms with Crippen molar-refractivity contribution >= 4 is 12.4 Å². The first kappa shape index (κ1) is 12.7. The Morgan fingerprint density at radius 2 is 1.09 bits per heavy atom. The van der Waals surface area contributed by atoms with Crippen molar-refractivity contribution in [3.63, 3.8) is 0 Å². The summed E-state index contributed by atoms with van der Waals surface area (Å²) in [6, 6.07) is 11.2. The SMILES string of the molecule is C(=N/N=C\c1ccc2c(c1)OCO2)/c1ccc2c(c1)OCO2. The van der Waals surface area contributed by atoms with Gasteiger partial charge in [-0.05, 0) is 47.5 Å². The second-order valence-electron chi connectivity index (χ2n) is 4.71. The van der Waals surface area contributed by atoms with Gasteiger partial charge in [0.1, 0.15) is 0 Å². The van der Waals surface area contributed by atoms with Crippen LogP contribution >= 0.6 is 0 Å². The molecule has 110 valence electrons. The van der Waals surface area contributed by atoms with Gasteiger partial charge in [0.25, 0.3) is 0 Å². The van der Waals surface area contributed by atoms with Crippen LogP contribution in [0.25, 0.3) is 0 Å². The average molecular weight is 296 g/mol. The maximum absolute atomic E-state index is 5.31. The molecule has 0 atom stereocenters. The van der Waals surface area contributed by atoms with E-state index in [4.69, 9.17) is 18.9 Å². The molecule has 2 aliphatic heterocycles. The molecule has 0 saturated carbocycles. The highest BCUT2D eigenvalue weighted by molar-refractivity contribution is 5.84. The summed E-state index contributed by atoms with van der Waals surface area (Å²) in [7, 11) is 0. The van der Waals surface area contributed by atoms with Gasteiger partial charge in [-0.25, -0.2) is 0 Å². The normalized spacial score (nSPS) is 15.1. The van der Waals surface area contributed by atoms with Crippen LogP contribution in [0.2, 0.25) is 0 Å². The van der Waals surface area contributed by atoms with Crippen molar-refractivity contribution in [3.8, 4) is 23.0 Å². The van der Waals surface area contributed by atoms with E-state index in [-0.39, 0.29) is 13.6 Å². The maximum atomic E-state index is 5.31. The van der Waals surface area contributed by atoms with Crippen LogP contribution in [-0.4, -0.2) is 26.0 Å². The minimum Gasteiger partial charge on any atom is -0.454 e. The summed E-state index contributed by atoms with van der Waals surface area (Å²) in [5, 5.41) is 8.06. The highest BCUT2D eigenvalue weighted by Crippen LogP contribution is 2.32. The van der Waals surface area contributed by atoms with Crippen LogP contribution in [0.15, 0.2) is 46.6 Å². The lowest BCUT2D eigenvalue weighted by Gasteiger charge is -1.97. The summed E-state index contributed by atoms with van der Waals surface area (Å²) in [5.74, 6) is 2.95. The molecule has 0 aromatic heterocycles. The zero-order valence-electron chi connectivity index (χ0n) is 11.6. The summed E-state index contributed by atoms with van der Waals surface area (Å²) in [5.41, 5.74) is 1.79. The predicted molar refractivity (Wildman–Crippen MR) is 80.3 cm³/mol. The van der Waals surface area contributed by atoms with E-state index >= 15 is 0 Å². The second-order valence-corrected chi connectivity index (χ2v) is 4.71. The Hall–Kier alpha value is -3.02. The molecule has 0 saturated heterocycles. The summed E-state index contributed by atoms with van der Waals surface area (Å²) >= 11 is 0. The highest BCUT2D eigenvalue weighted by Gasteiger charge is 2.13. The molecule has 0 aliphatic carbocycles. The van der Waals surface area contributed by atoms with Gasteiger partial charge in [-0.15, -0.1) is 0 Å². The Morgan fingerprint density at radius 3 is 1.59 bits per heavy atom. The van der Waals surface area contributed by atoms with Gasteiger partial charge in [0, 0.05) is 0 Å². The second kappa shape index (κ2) is 5.40. The molecule has 22 heavy (non-hydrogen) atoms. The largest absolute Gasteiger partial charge is 0.454 e. The number of hydrogen-bond donors (Lipinski definition) is 0. The third kappa shape index (κ3) is 2.46. The average Bonchev–Trinajstić information content (AvgIpc) is 3.19. The monoisotopic (exact) mass is 296 g/mol. The van der Waals surface area contributed by atoms with Crippen molar-refractivity contribution in [3.05, 3.63) is 47.5 Å². The van der Waals surface area contributed by atoms with Crippen LogP contribution in [0.5, 0.6) is 23.0 Å². The van der Waals surface area contributed by atoms with Crippen LogP contribution < -0.4 is 18.9 Å². The molecule has 0 radical (unpaired) electrons. The molecule has 0 N–H and O–H groups in total. The van der Waals surface area contributed by atoms with Crippen LogP contribution in [-0.2, 0) is 0 Å². The first-order chi connectivity index (χ1) is 10.9. The number of rotatable bonds is 3. The lowest BCUT2D eigenvalue weighted by molar-refractivity contribution is 0.173. The first-order valence-electron chi connectivity index (χ1n) is 6.74. The lowest BCUT2D eigenvalue weighted by atomic mass is 10.2. The van der Waals surface area contributed by atoms with E-state index < -0.39 is 0 Å². The van der Waals surface area contributed by atoms with Crippen molar-refractivity contribution < 1.29 is 18.9 Å². The van der Waals surface area contributed by atoms with E-state index in [1.165, 1.54) is 0 Å². The van der Waals surface area contributed by atoms with Crippen LogP contribution in [0.3, 0.4) is 0 Å². The van der Waals surface area contributed by atoms with E-state index in [1.54, 1.807) is 12.4 Å². The molecule has 2 aromatic carbocycles. The third-order valence-electron chi connectivity index (χ3n) is 3.27. The standard InChI is InChI=1S/C16H12N2O4/c1-3-13-15(21-9-19-13)5-11(1)7-17-18-8-12-2-4-14-16(6-12)22-10-20-14/h1-8H,9-10H2/b17-7-,18-8-. The molecule has 2 heterocycles. The number of ether oxygens (including phenoxy) is 4. The van der Waals surface area contributed by atoms with Gasteiger partial charge in [0.05, 0.1) is 12.4 Å². The van der Waals surface area contributed by atoms with E-state index in [2.05, 4.69) is 10.2 Å². The van der Waals surface area contributed by atoms with Crippen molar-refractivity contribution in [1.82, 2.24) is 0 Å². The molecule has 0 bridgehead atoms. The van der Waals surface area contributed by atoms with E-state index in [0.717, 1.165) is 34.1 Å². The Kier molecular flexibility index (Phi) is 3.12. The Balaban J connectivity index is 1.45. The predicted octanol–water partition coefficient (Wildman–Crippen LogP) is 2.60. The quantitative estimate of drug-likeness (QED) is 0.645. The highest BCUT2D eigenvalue weighted by atomic mass is 16.7. The van der Waals surface area contributed by atoms with Crippen molar-refractivity contribution in [1.29, 1.82) is 0 Å². The van der Waals surface area contributed by atoms with E-state index in [0.29, 0.717) is 0 Å². The summed E-state index contributed by atoms with van der Waals surface area (Å²) in [4.78, 5) is 0. The molecule has 4 rings (SSSR count). The minimum atomic E-state index is 0.262. The molecular weight excluding hydrogens is 284 g/mol. The van der Waals surface area contributed by atoms with Gasteiger partial charge < -0.3 is 18.9 Å². The van der Waals surface area contributed by atoms with Crippen molar-refractivity contribution in [2.75, 3.05) is 13.6 Å². The maximum Gasteiger partial charge on any atom is 0.231 e. The fourth-order valence-electron chi connectivity index (χ4n) is 2.19. The number of fused-ring (bicyclic) bond motifs is 2. The topological polar surface area (TPSA) is 61.6 Å². The molecule has 0 spiro atoms. The molecule has 0 fully saturated rings. The van der Waals surface area contributed by atoms with Crippen molar-refractivity contribution in [2.24, 2.45) is 10.2 Å². The van der Waals surface area contributed by atoms with Crippen LogP contribution in [0.4, 0.5) is 0 Å². The van der Waals surface area contributed by atoms with Gasteiger partial charge in [0.2, 0.25) is 13.6 Å². The molecule has 0 amide bonds. The van der Waals surface area contributed by atoms with Crippen LogP contribution in [0, 0.1) is 0 Å². The van der Waals surface area contributed by atoms with Crippen molar-refractivity contribution in [2.45, 2.75) is 0 Å². The fourth-order valence-corrected chi connectivity index (χ4v) is 2.19.